The summed E-state index contributed by atoms with van der Waals surface area (Å²) < 4.78 is 19.1. The Morgan fingerprint density at radius 2 is 2.03 bits per heavy atom. The van der Waals surface area contributed by atoms with Gasteiger partial charge >= 0.3 is 0 Å². The van der Waals surface area contributed by atoms with Crippen molar-refractivity contribution in [2.45, 2.75) is 33.7 Å². The Balaban J connectivity index is 1.78. The largest absolute Gasteiger partial charge is 0.439 e. The normalized spacial score (nSPS) is 10.6. The van der Waals surface area contributed by atoms with Crippen LogP contribution in [0.15, 0.2) is 42.6 Å². The van der Waals surface area contributed by atoms with Gasteiger partial charge in [0.15, 0.2) is 5.78 Å². The van der Waals surface area contributed by atoms with Crippen molar-refractivity contribution in [3.8, 4) is 11.6 Å². The molecule has 1 amide bonds. The molecule has 0 atom stereocenters. The quantitative estimate of drug-likeness (QED) is 0.583. The summed E-state index contributed by atoms with van der Waals surface area (Å²) in [5, 5.41) is 2.83. The minimum Gasteiger partial charge on any atom is -0.439 e. The molecule has 2 aromatic heterocycles. The number of Topliss-reactive ketones (excluding diaryl/α,β-unsaturated/α-hetero) is 1. The number of aryl methyl sites for hydroxylation is 1. The molecule has 3 aromatic rings. The molecule has 6 nitrogen and oxygen atoms in total. The lowest BCUT2D eigenvalue weighted by molar-refractivity contribution is 0.0945. The molecule has 0 unspecified atom stereocenters. The molecule has 7 heteroatoms. The van der Waals surface area contributed by atoms with Gasteiger partial charge in [-0.3, -0.25) is 9.59 Å². The van der Waals surface area contributed by atoms with Gasteiger partial charge < -0.3 is 15.0 Å². The van der Waals surface area contributed by atoms with E-state index in [1.54, 1.807) is 37.4 Å². The van der Waals surface area contributed by atoms with Gasteiger partial charge in [-0.25, -0.2) is 9.37 Å². The standard InChI is InChI=1S/C22H22FN3O3/c1-4-18-19(14(3)27)13(2)26-20(18)21(28)25-12-15-7-6-10-24-22(15)29-17-9-5-8-16(23)11-17/h5-11,26H,4,12H2,1-3H3,(H,25,28). The summed E-state index contributed by atoms with van der Waals surface area (Å²) in [6.45, 7) is 5.33. The minimum absolute atomic E-state index is 0.0762. The average Bonchev–Trinajstić information content (AvgIpc) is 3.03. The van der Waals surface area contributed by atoms with Crippen molar-refractivity contribution in [1.29, 1.82) is 0 Å². The molecular weight excluding hydrogens is 373 g/mol. The van der Waals surface area contributed by atoms with E-state index in [2.05, 4.69) is 15.3 Å². The molecular formula is C22H22FN3O3. The third kappa shape index (κ3) is 4.51. The van der Waals surface area contributed by atoms with Gasteiger partial charge in [-0.15, -0.1) is 0 Å². The molecule has 0 aliphatic carbocycles. The van der Waals surface area contributed by atoms with Crippen LogP contribution < -0.4 is 10.1 Å². The summed E-state index contributed by atoms with van der Waals surface area (Å²) in [7, 11) is 0. The molecule has 0 aliphatic rings. The third-order valence-corrected chi connectivity index (χ3v) is 4.52. The van der Waals surface area contributed by atoms with Crippen molar-refractivity contribution in [2.75, 3.05) is 0 Å². The summed E-state index contributed by atoms with van der Waals surface area (Å²) in [4.78, 5) is 31.8. The molecule has 150 valence electrons. The van der Waals surface area contributed by atoms with Crippen molar-refractivity contribution in [3.05, 3.63) is 76.5 Å². The first kappa shape index (κ1) is 20.3. The Labute approximate surface area is 168 Å². The first-order chi connectivity index (χ1) is 13.9. The van der Waals surface area contributed by atoms with E-state index in [4.69, 9.17) is 4.74 Å². The third-order valence-electron chi connectivity index (χ3n) is 4.52. The second kappa shape index (κ2) is 8.68. The molecule has 0 saturated heterocycles. The number of hydrogen-bond acceptors (Lipinski definition) is 4. The molecule has 0 spiro atoms. The van der Waals surface area contributed by atoms with Gasteiger partial charge in [0.1, 0.15) is 17.3 Å². The second-order valence-electron chi connectivity index (χ2n) is 6.60. The number of halogens is 1. The number of nitrogens with one attached hydrogen (secondary N) is 2. The van der Waals surface area contributed by atoms with Crippen LogP contribution in [-0.2, 0) is 13.0 Å². The van der Waals surface area contributed by atoms with Gasteiger partial charge in [0.05, 0.1) is 0 Å². The summed E-state index contributed by atoms with van der Waals surface area (Å²) in [5.74, 6) is -0.216. The fourth-order valence-electron chi connectivity index (χ4n) is 3.26. The summed E-state index contributed by atoms with van der Waals surface area (Å²) in [5.41, 5.74) is 2.96. The number of ether oxygens (including phenoxy) is 1. The number of rotatable bonds is 7. The molecule has 0 saturated carbocycles. The average molecular weight is 395 g/mol. The van der Waals surface area contributed by atoms with Crippen LogP contribution in [0.25, 0.3) is 0 Å². The Bertz CT molecular complexity index is 1060. The number of hydrogen-bond donors (Lipinski definition) is 2. The molecule has 0 fully saturated rings. The number of carbonyl (C=O) groups is 2. The van der Waals surface area contributed by atoms with Crippen molar-refractivity contribution >= 4 is 11.7 Å². The van der Waals surface area contributed by atoms with Crippen LogP contribution in [-0.4, -0.2) is 21.7 Å². The van der Waals surface area contributed by atoms with Crippen LogP contribution in [0.3, 0.4) is 0 Å². The number of nitrogens with zero attached hydrogens (tertiary/aromatic N) is 1. The number of carbonyl (C=O) groups excluding carboxylic acids is 2. The topological polar surface area (TPSA) is 84.1 Å². The predicted molar refractivity (Wildman–Crippen MR) is 107 cm³/mol. The van der Waals surface area contributed by atoms with E-state index >= 15 is 0 Å². The Morgan fingerprint density at radius 3 is 2.72 bits per heavy atom. The molecule has 3 rings (SSSR count). The van der Waals surface area contributed by atoms with E-state index in [0.717, 1.165) is 0 Å². The number of aromatic amines is 1. The first-order valence-corrected chi connectivity index (χ1v) is 9.28. The summed E-state index contributed by atoms with van der Waals surface area (Å²) in [6.07, 6.45) is 2.12. The number of benzene rings is 1. The van der Waals surface area contributed by atoms with Crippen LogP contribution in [0, 0.1) is 12.7 Å². The van der Waals surface area contributed by atoms with Crippen LogP contribution in [0.4, 0.5) is 4.39 Å². The highest BCUT2D eigenvalue weighted by Crippen LogP contribution is 2.24. The zero-order chi connectivity index (χ0) is 21.0. The number of aromatic nitrogens is 2. The van der Waals surface area contributed by atoms with E-state index in [-0.39, 0.29) is 24.1 Å². The molecule has 2 N–H and O–H groups in total. The summed E-state index contributed by atoms with van der Waals surface area (Å²) in [6, 6.07) is 9.24. The molecule has 29 heavy (non-hydrogen) atoms. The Hall–Kier alpha value is -3.48. The molecule has 2 heterocycles. The number of pyridine rings is 1. The van der Waals surface area contributed by atoms with Crippen molar-refractivity contribution in [2.24, 2.45) is 0 Å². The van der Waals surface area contributed by atoms with Gasteiger partial charge in [0, 0.05) is 35.6 Å². The van der Waals surface area contributed by atoms with Crippen LogP contribution in [0.5, 0.6) is 11.6 Å². The molecule has 0 radical (unpaired) electrons. The fraction of sp³-hybridized carbons (Fsp3) is 0.227. The highest BCUT2D eigenvalue weighted by Gasteiger charge is 2.21. The maximum atomic E-state index is 13.4. The lowest BCUT2D eigenvalue weighted by Crippen LogP contribution is -2.24. The van der Waals surface area contributed by atoms with E-state index in [9.17, 15) is 14.0 Å². The number of amides is 1. The highest BCUT2D eigenvalue weighted by atomic mass is 19.1. The maximum Gasteiger partial charge on any atom is 0.268 e. The Kier molecular flexibility index (Phi) is 6.07. The smallest absolute Gasteiger partial charge is 0.268 e. The monoisotopic (exact) mass is 395 g/mol. The maximum absolute atomic E-state index is 13.4. The lowest BCUT2D eigenvalue weighted by atomic mass is 10.0. The number of ketones is 1. The minimum atomic E-state index is -0.413. The van der Waals surface area contributed by atoms with Gasteiger partial charge in [0.2, 0.25) is 5.88 Å². The molecule has 1 aromatic carbocycles. The van der Waals surface area contributed by atoms with Crippen molar-refractivity contribution < 1.29 is 18.7 Å². The van der Waals surface area contributed by atoms with Crippen molar-refractivity contribution in [3.63, 3.8) is 0 Å². The van der Waals surface area contributed by atoms with Gasteiger partial charge in [-0.05, 0) is 44.0 Å². The van der Waals surface area contributed by atoms with Gasteiger partial charge in [-0.2, -0.15) is 0 Å². The highest BCUT2D eigenvalue weighted by molar-refractivity contribution is 6.02. The first-order valence-electron chi connectivity index (χ1n) is 9.28. The second-order valence-corrected chi connectivity index (χ2v) is 6.60. The van der Waals surface area contributed by atoms with Gasteiger partial charge in [0.25, 0.3) is 5.91 Å². The van der Waals surface area contributed by atoms with E-state index in [1.165, 1.54) is 19.1 Å². The zero-order valence-electron chi connectivity index (χ0n) is 16.5. The van der Waals surface area contributed by atoms with Crippen LogP contribution >= 0.6 is 0 Å². The zero-order valence-corrected chi connectivity index (χ0v) is 16.5. The van der Waals surface area contributed by atoms with E-state index in [1.807, 2.05) is 6.92 Å². The van der Waals surface area contributed by atoms with Gasteiger partial charge in [-0.1, -0.05) is 19.1 Å². The fourth-order valence-corrected chi connectivity index (χ4v) is 3.26. The number of H-pyrrole nitrogens is 1. The van der Waals surface area contributed by atoms with Crippen molar-refractivity contribution in [1.82, 2.24) is 15.3 Å². The summed E-state index contributed by atoms with van der Waals surface area (Å²) >= 11 is 0. The Morgan fingerprint density at radius 1 is 1.24 bits per heavy atom. The molecule has 0 bridgehead atoms. The van der Waals surface area contributed by atoms with Crippen LogP contribution in [0.1, 0.15) is 51.5 Å². The van der Waals surface area contributed by atoms with E-state index < -0.39 is 5.82 Å². The SMILES string of the molecule is CCc1c(C(=O)NCc2cccnc2Oc2cccc(F)c2)[nH]c(C)c1C(C)=O. The predicted octanol–water partition coefficient (Wildman–Crippen LogP) is 4.34. The van der Waals surface area contributed by atoms with E-state index in [0.29, 0.717) is 40.2 Å². The lowest BCUT2D eigenvalue weighted by Gasteiger charge is -2.11. The molecule has 0 aliphatic heterocycles. The van der Waals surface area contributed by atoms with Crippen LogP contribution in [0.2, 0.25) is 0 Å².